The van der Waals surface area contributed by atoms with Crippen LogP contribution in [0.5, 0.6) is 0 Å². The topological polar surface area (TPSA) is 57.6 Å². The summed E-state index contributed by atoms with van der Waals surface area (Å²) in [7, 11) is 1.78. The van der Waals surface area contributed by atoms with E-state index in [0.717, 1.165) is 36.1 Å². The highest BCUT2D eigenvalue weighted by molar-refractivity contribution is 6.04. The first-order valence-electron chi connectivity index (χ1n) is 7.63. The third-order valence-electron chi connectivity index (χ3n) is 5.23. The molecule has 2 aliphatic rings. The number of hydrogen-bond donors (Lipinski definition) is 1. The van der Waals surface area contributed by atoms with Gasteiger partial charge in [0.2, 0.25) is 5.91 Å². The number of aliphatic carboxylic acids is 1. The second-order valence-electron chi connectivity index (χ2n) is 6.34. The summed E-state index contributed by atoms with van der Waals surface area (Å²) in [6.45, 7) is 1.89. The summed E-state index contributed by atoms with van der Waals surface area (Å²) >= 11 is 0. The van der Waals surface area contributed by atoms with Crippen LogP contribution in [0.25, 0.3) is 0 Å². The normalized spacial score (nSPS) is 24.0. The molecule has 4 heteroatoms. The molecule has 1 fully saturated rings. The maximum absolute atomic E-state index is 12.1. The van der Waals surface area contributed by atoms with E-state index in [2.05, 4.69) is 0 Å². The molecule has 0 bridgehead atoms. The standard InChI is InChI=1S/C17H21NO3/c1-11-13-10-12(6-7-14(13)18(2)15(11)19)17(16(20)21)8-4-3-5-9-17/h6-7,10-11H,3-5,8-9H2,1-2H3,(H,20,21). The van der Waals surface area contributed by atoms with Crippen LogP contribution in [0.2, 0.25) is 0 Å². The lowest BCUT2D eigenvalue weighted by Crippen LogP contribution is -2.37. The molecule has 4 nitrogen and oxygen atoms in total. The van der Waals surface area contributed by atoms with Crippen molar-refractivity contribution in [1.29, 1.82) is 0 Å². The van der Waals surface area contributed by atoms with Gasteiger partial charge in [0, 0.05) is 12.7 Å². The number of likely N-dealkylation sites (N-methyl/N-ethyl adjacent to an activating group) is 1. The molecule has 1 aliphatic carbocycles. The first-order valence-corrected chi connectivity index (χ1v) is 7.63. The molecule has 1 aliphatic heterocycles. The van der Waals surface area contributed by atoms with E-state index in [1.807, 2.05) is 25.1 Å². The monoisotopic (exact) mass is 287 g/mol. The molecule has 1 N–H and O–H groups in total. The molecule has 1 aromatic rings. The van der Waals surface area contributed by atoms with Crippen molar-refractivity contribution >= 4 is 17.6 Å². The van der Waals surface area contributed by atoms with Crippen LogP contribution in [0, 0.1) is 0 Å². The molecule has 3 rings (SSSR count). The van der Waals surface area contributed by atoms with Crippen molar-refractivity contribution in [3.63, 3.8) is 0 Å². The largest absolute Gasteiger partial charge is 0.481 e. The van der Waals surface area contributed by atoms with Gasteiger partial charge in [0.1, 0.15) is 0 Å². The average molecular weight is 287 g/mol. The van der Waals surface area contributed by atoms with Gasteiger partial charge in [-0.15, -0.1) is 0 Å². The number of carbonyl (C=O) groups is 2. The molecule has 1 atom stereocenters. The maximum Gasteiger partial charge on any atom is 0.314 e. The fraction of sp³-hybridized carbons (Fsp3) is 0.529. The van der Waals surface area contributed by atoms with E-state index >= 15 is 0 Å². The Morgan fingerprint density at radius 3 is 2.57 bits per heavy atom. The molecule has 1 unspecified atom stereocenters. The van der Waals surface area contributed by atoms with Crippen molar-refractivity contribution in [1.82, 2.24) is 0 Å². The predicted octanol–water partition coefficient (Wildman–Crippen LogP) is 3.05. The minimum absolute atomic E-state index is 0.0789. The number of anilines is 1. The minimum atomic E-state index is -0.767. The molecule has 1 aromatic carbocycles. The number of benzene rings is 1. The highest BCUT2D eigenvalue weighted by Gasteiger charge is 2.42. The van der Waals surface area contributed by atoms with E-state index < -0.39 is 11.4 Å². The van der Waals surface area contributed by atoms with Gasteiger partial charge < -0.3 is 10.0 Å². The van der Waals surface area contributed by atoms with E-state index in [4.69, 9.17) is 0 Å². The molecule has 1 amide bonds. The lowest BCUT2D eigenvalue weighted by molar-refractivity contribution is -0.145. The van der Waals surface area contributed by atoms with Crippen LogP contribution in [0.1, 0.15) is 56.1 Å². The molecule has 1 heterocycles. The zero-order chi connectivity index (χ0) is 15.2. The number of carboxylic acids is 1. The van der Waals surface area contributed by atoms with Gasteiger partial charge in [-0.05, 0) is 37.0 Å². The lowest BCUT2D eigenvalue weighted by atomic mass is 9.69. The van der Waals surface area contributed by atoms with E-state index in [1.165, 1.54) is 0 Å². The van der Waals surface area contributed by atoms with Crippen LogP contribution in [-0.4, -0.2) is 24.0 Å². The SMILES string of the molecule is CC1C(=O)N(C)c2ccc(C3(C(=O)O)CCCCC3)cc21. The number of carbonyl (C=O) groups excluding carboxylic acids is 1. The maximum atomic E-state index is 12.1. The molecular formula is C17H21NO3. The van der Waals surface area contributed by atoms with Crippen LogP contribution < -0.4 is 4.90 Å². The number of rotatable bonds is 2. The highest BCUT2D eigenvalue weighted by atomic mass is 16.4. The summed E-state index contributed by atoms with van der Waals surface area (Å²) in [4.78, 5) is 25.6. The smallest absolute Gasteiger partial charge is 0.314 e. The number of amides is 1. The van der Waals surface area contributed by atoms with Gasteiger partial charge in [0.25, 0.3) is 0 Å². The lowest BCUT2D eigenvalue weighted by Gasteiger charge is -2.34. The van der Waals surface area contributed by atoms with Crippen molar-refractivity contribution in [2.24, 2.45) is 0 Å². The van der Waals surface area contributed by atoms with Crippen molar-refractivity contribution in [2.45, 2.75) is 50.4 Å². The third-order valence-corrected chi connectivity index (χ3v) is 5.23. The summed E-state index contributed by atoms with van der Waals surface area (Å²) in [5, 5.41) is 9.78. The van der Waals surface area contributed by atoms with E-state index in [0.29, 0.717) is 12.8 Å². The van der Waals surface area contributed by atoms with Crippen LogP contribution in [0.4, 0.5) is 5.69 Å². The van der Waals surface area contributed by atoms with E-state index in [1.54, 1.807) is 11.9 Å². The zero-order valence-corrected chi connectivity index (χ0v) is 12.6. The molecule has 0 aromatic heterocycles. The molecule has 0 spiro atoms. The molecular weight excluding hydrogens is 266 g/mol. The summed E-state index contributed by atoms with van der Waals surface area (Å²) in [5.41, 5.74) is 1.97. The van der Waals surface area contributed by atoms with Gasteiger partial charge in [-0.25, -0.2) is 0 Å². The Balaban J connectivity index is 2.08. The van der Waals surface area contributed by atoms with Gasteiger partial charge >= 0.3 is 5.97 Å². The van der Waals surface area contributed by atoms with Crippen LogP contribution in [-0.2, 0) is 15.0 Å². The number of nitrogens with zero attached hydrogens (tertiary/aromatic N) is 1. The Labute approximate surface area is 124 Å². The molecule has 21 heavy (non-hydrogen) atoms. The first-order chi connectivity index (χ1) is 9.97. The van der Waals surface area contributed by atoms with Crippen LogP contribution in [0.15, 0.2) is 18.2 Å². The van der Waals surface area contributed by atoms with Crippen molar-refractivity contribution in [3.05, 3.63) is 29.3 Å². The van der Waals surface area contributed by atoms with Crippen molar-refractivity contribution in [2.75, 3.05) is 11.9 Å². The quantitative estimate of drug-likeness (QED) is 0.909. The van der Waals surface area contributed by atoms with Crippen LogP contribution >= 0.6 is 0 Å². The van der Waals surface area contributed by atoms with Gasteiger partial charge in [0.15, 0.2) is 0 Å². The van der Waals surface area contributed by atoms with Gasteiger partial charge in [-0.3, -0.25) is 9.59 Å². The summed E-state index contributed by atoms with van der Waals surface area (Å²) < 4.78 is 0. The van der Waals surface area contributed by atoms with Crippen LogP contribution in [0.3, 0.4) is 0 Å². The molecule has 112 valence electrons. The van der Waals surface area contributed by atoms with Gasteiger partial charge in [-0.1, -0.05) is 31.4 Å². The fourth-order valence-electron chi connectivity index (χ4n) is 3.83. The number of hydrogen-bond acceptors (Lipinski definition) is 2. The minimum Gasteiger partial charge on any atom is -0.481 e. The number of fused-ring (bicyclic) bond motifs is 1. The average Bonchev–Trinajstić information content (AvgIpc) is 2.72. The predicted molar refractivity (Wildman–Crippen MR) is 80.7 cm³/mol. The molecule has 0 saturated heterocycles. The Morgan fingerprint density at radius 1 is 1.29 bits per heavy atom. The Hall–Kier alpha value is -1.84. The Bertz CT molecular complexity index is 602. The molecule has 1 saturated carbocycles. The third kappa shape index (κ3) is 1.96. The molecule has 0 radical (unpaired) electrons. The van der Waals surface area contributed by atoms with E-state index in [-0.39, 0.29) is 11.8 Å². The fourth-order valence-corrected chi connectivity index (χ4v) is 3.83. The van der Waals surface area contributed by atoms with Gasteiger partial charge in [0.05, 0.1) is 11.3 Å². The van der Waals surface area contributed by atoms with Crippen molar-refractivity contribution < 1.29 is 14.7 Å². The summed E-state index contributed by atoms with van der Waals surface area (Å²) in [6, 6.07) is 5.77. The Kier molecular flexibility index (Phi) is 3.27. The second kappa shape index (κ2) is 4.86. The van der Waals surface area contributed by atoms with E-state index in [9.17, 15) is 14.7 Å². The van der Waals surface area contributed by atoms with Gasteiger partial charge in [-0.2, -0.15) is 0 Å². The number of carboxylic acid groups (broad SMARTS) is 1. The highest BCUT2D eigenvalue weighted by Crippen LogP contribution is 2.44. The second-order valence-corrected chi connectivity index (χ2v) is 6.34. The Morgan fingerprint density at radius 2 is 1.95 bits per heavy atom. The zero-order valence-electron chi connectivity index (χ0n) is 12.6. The summed E-state index contributed by atoms with van der Waals surface area (Å²) in [5.74, 6) is -0.831. The van der Waals surface area contributed by atoms with Crippen molar-refractivity contribution in [3.8, 4) is 0 Å². The first kappa shape index (κ1) is 14.1. The summed E-state index contributed by atoms with van der Waals surface area (Å²) in [6.07, 6.45) is 4.41.